The van der Waals surface area contributed by atoms with E-state index in [4.69, 9.17) is 4.74 Å². The summed E-state index contributed by atoms with van der Waals surface area (Å²) in [5, 5.41) is 5.19. The van der Waals surface area contributed by atoms with Gasteiger partial charge in [-0.1, -0.05) is 18.2 Å². The Morgan fingerprint density at radius 1 is 1.30 bits per heavy atom. The standard InChI is InChI=1S/C15H19NO2S2/c1-3-18-13-8-6-12(7-9-13)14(16-2)11-20(17)15-5-4-10-19-15/h4-10,14,16H,3,11H2,1-2H3. The van der Waals surface area contributed by atoms with Crippen LogP contribution in [0.1, 0.15) is 18.5 Å². The largest absolute Gasteiger partial charge is 0.494 e. The van der Waals surface area contributed by atoms with E-state index < -0.39 is 10.8 Å². The Kier molecular flexibility index (Phi) is 5.76. The van der Waals surface area contributed by atoms with Crippen LogP contribution in [-0.4, -0.2) is 23.6 Å². The van der Waals surface area contributed by atoms with E-state index in [0.29, 0.717) is 12.4 Å². The molecule has 2 atom stereocenters. The number of ether oxygens (including phenoxy) is 1. The highest BCUT2D eigenvalue weighted by Gasteiger charge is 2.15. The van der Waals surface area contributed by atoms with Crippen LogP contribution in [0.25, 0.3) is 0 Å². The van der Waals surface area contributed by atoms with Gasteiger partial charge in [-0.3, -0.25) is 4.21 Å². The maximum Gasteiger partial charge on any atom is 0.119 e. The Bertz CT molecular complexity index is 538. The molecule has 2 unspecified atom stereocenters. The van der Waals surface area contributed by atoms with Crippen LogP contribution < -0.4 is 10.1 Å². The molecule has 2 rings (SSSR count). The Labute approximate surface area is 126 Å². The lowest BCUT2D eigenvalue weighted by atomic mass is 10.1. The quantitative estimate of drug-likeness (QED) is 0.853. The van der Waals surface area contributed by atoms with Crippen molar-refractivity contribution in [3.63, 3.8) is 0 Å². The van der Waals surface area contributed by atoms with Crippen LogP contribution in [0.5, 0.6) is 5.75 Å². The maximum atomic E-state index is 12.3. The SMILES string of the molecule is CCOc1ccc(C(CS(=O)c2cccs2)NC)cc1. The van der Waals surface area contributed by atoms with Crippen LogP contribution in [0.4, 0.5) is 0 Å². The molecule has 20 heavy (non-hydrogen) atoms. The molecule has 2 aromatic rings. The van der Waals surface area contributed by atoms with Gasteiger partial charge < -0.3 is 10.1 Å². The molecule has 0 saturated heterocycles. The van der Waals surface area contributed by atoms with Gasteiger partial charge in [0, 0.05) is 11.8 Å². The molecule has 1 N–H and O–H groups in total. The minimum absolute atomic E-state index is 0.0774. The summed E-state index contributed by atoms with van der Waals surface area (Å²) in [6.45, 7) is 2.63. The van der Waals surface area contributed by atoms with Gasteiger partial charge in [0.1, 0.15) is 5.75 Å². The highest BCUT2D eigenvalue weighted by atomic mass is 32.2. The zero-order chi connectivity index (χ0) is 14.4. The molecular formula is C15H19NO2S2. The highest BCUT2D eigenvalue weighted by Crippen LogP contribution is 2.22. The molecule has 0 aliphatic rings. The molecule has 1 heterocycles. The van der Waals surface area contributed by atoms with Gasteiger partial charge in [0.2, 0.25) is 0 Å². The molecular weight excluding hydrogens is 290 g/mol. The molecule has 5 heteroatoms. The van der Waals surface area contributed by atoms with E-state index in [9.17, 15) is 4.21 Å². The second kappa shape index (κ2) is 7.57. The molecule has 0 spiro atoms. The van der Waals surface area contributed by atoms with Crippen LogP contribution in [0.15, 0.2) is 46.0 Å². The van der Waals surface area contributed by atoms with Gasteiger partial charge in [-0.15, -0.1) is 11.3 Å². The summed E-state index contributed by atoms with van der Waals surface area (Å²) in [6.07, 6.45) is 0. The molecule has 0 radical (unpaired) electrons. The van der Waals surface area contributed by atoms with Gasteiger partial charge in [-0.25, -0.2) is 0 Å². The monoisotopic (exact) mass is 309 g/mol. The number of benzene rings is 1. The van der Waals surface area contributed by atoms with Gasteiger partial charge in [0.25, 0.3) is 0 Å². The summed E-state index contributed by atoms with van der Waals surface area (Å²) in [5.41, 5.74) is 1.13. The summed E-state index contributed by atoms with van der Waals surface area (Å²) < 4.78 is 18.6. The molecule has 0 amide bonds. The second-order valence-electron chi connectivity index (χ2n) is 4.29. The van der Waals surface area contributed by atoms with Crippen molar-refractivity contribution < 1.29 is 8.95 Å². The van der Waals surface area contributed by atoms with E-state index in [-0.39, 0.29) is 6.04 Å². The first-order chi connectivity index (χ1) is 9.74. The Morgan fingerprint density at radius 2 is 2.05 bits per heavy atom. The van der Waals surface area contributed by atoms with Gasteiger partial charge >= 0.3 is 0 Å². The first kappa shape index (κ1) is 15.2. The molecule has 0 aliphatic heterocycles. The fourth-order valence-corrected chi connectivity index (χ4v) is 4.24. The fourth-order valence-electron chi connectivity index (χ4n) is 1.94. The predicted octanol–water partition coefficient (Wildman–Crippen LogP) is 3.22. The molecule has 0 bridgehead atoms. The van der Waals surface area contributed by atoms with E-state index in [1.807, 2.05) is 55.7 Å². The van der Waals surface area contributed by atoms with Crippen LogP contribution in [0.2, 0.25) is 0 Å². The molecule has 0 fully saturated rings. The van der Waals surface area contributed by atoms with Crippen LogP contribution in [0.3, 0.4) is 0 Å². The van der Waals surface area contributed by atoms with Gasteiger partial charge in [0.05, 0.1) is 21.6 Å². The third-order valence-electron chi connectivity index (χ3n) is 2.98. The Hall–Kier alpha value is -1.17. The summed E-state index contributed by atoms with van der Waals surface area (Å²) in [6, 6.07) is 11.9. The highest BCUT2D eigenvalue weighted by molar-refractivity contribution is 7.87. The Balaban J connectivity index is 2.06. The molecule has 108 valence electrons. The average Bonchev–Trinajstić information content (AvgIpc) is 3.00. The van der Waals surface area contributed by atoms with Crippen molar-refractivity contribution >= 4 is 22.1 Å². The van der Waals surface area contributed by atoms with Crippen LogP contribution in [-0.2, 0) is 10.8 Å². The van der Waals surface area contributed by atoms with E-state index in [2.05, 4.69) is 5.32 Å². The lowest BCUT2D eigenvalue weighted by Crippen LogP contribution is -2.22. The predicted molar refractivity (Wildman–Crippen MR) is 85.0 cm³/mol. The normalized spacial score (nSPS) is 13.9. The molecule has 3 nitrogen and oxygen atoms in total. The number of nitrogens with one attached hydrogen (secondary N) is 1. The van der Waals surface area contributed by atoms with Crippen molar-refractivity contribution in [3.05, 3.63) is 47.3 Å². The number of hydrogen-bond donors (Lipinski definition) is 1. The summed E-state index contributed by atoms with van der Waals surface area (Å²) in [7, 11) is 0.929. The minimum Gasteiger partial charge on any atom is -0.494 e. The molecule has 1 aromatic carbocycles. The van der Waals surface area contributed by atoms with Gasteiger partial charge in [0.15, 0.2) is 0 Å². The lowest BCUT2D eigenvalue weighted by Gasteiger charge is -2.16. The third kappa shape index (κ3) is 3.91. The van der Waals surface area contributed by atoms with E-state index in [1.54, 1.807) is 0 Å². The zero-order valence-electron chi connectivity index (χ0n) is 11.7. The van der Waals surface area contributed by atoms with E-state index in [1.165, 1.54) is 11.3 Å². The summed E-state index contributed by atoms with van der Waals surface area (Å²) in [4.78, 5) is 0. The summed E-state index contributed by atoms with van der Waals surface area (Å²) in [5.74, 6) is 1.44. The van der Waals surface area contributed by atoms with Crippen molar-refractivity contribution in [3.8, 4) is 5.75 Å². The topological polar surface area (TPSA) is 38.3 Å². The first-order valence-electron chi connectivity index (χ1n) is 6.56. The van der Waals surface area contributed by atoms with Crippen LogP contribution >= 0.6 is 11.3 Å². The van der Waals surface area contributed by atoms with Crippen molar-refractivity contribution in [2.45, 2.75) is 17.2 Å². The van der Waals surface area contributed by atoms with E-state index >= 15 is 0 Å². The molecule has 0 aliphatic carbocycles. The van der Waals surface area contributed by atoms with Gasteiger partial charge in [-0.05, 0) is 43.1 Å². The average molecular weight is 309 g/mol. The van der Waals surface area contributed by atoms with Crippen LogP contribution in [0, 0.1) is 0 Å². The maximum absolute atomic E-state index is 12.3. The van der Waals surface area contributed by atoms with Gasteiger partial charge in [-0.2, -0.15) is 0 Å². The minimum atomic E-state index is -0.967. The van der Waals surface area contributed by atoms with E-state index in [0.717, 1.165) is 15.5 Å². The van der Waals surface area contributed by atoms with Crippen molar-refractivity contribution in [1.82, 2.24) is 5.32 Å². The number of rotatable bonds is 7. The number of hydrogen-bond acceptors (Lipinski definition) is 4. The Morgan fingerprint density at radius 3 is 2.60 bits per heavy atom. The first-order valence-corrected chi connectivity index (χ1v) is 8.76. The molecule has 1 aromatic heterocycles. The fraction of sp³-hybridized carbons (Fsp3) is 0.333. The molecule has 0 saturated carbocycles. The second-order valence-corrected chi connectivity index (χ2v) is 6.96. The van der Waals surface area contributed by atoms with Crippen molar-refractivity contribution in [1.29, 1.82) is 0 Å². The van der Waals surface area contributed by atoms with Crippen molar-refractivity contribution in [2.24, 2.45) is 0 Å². The lowest BCUT2D eigenvalue weighted by molar-refractivity contribution is 0.340. The zero-order valence-corrected chi connectivity index (χ0v) is 13.3. The number of thiophene rings is 1. The third-order valence-corrected chi connectivity index (χ3v) is 5.71. The smallest absolute Gasteiger partial charge is 0.119 e. The van der Waals surface area contributed by atoms with Crippen molar-refractivity contribution in [2.75, 3.05) is 19.4 Å². The summed E-state index contributed by atoms with van der Waals surface area (Å²) >= 11 is 1.54.